The van der Waals surface area contributed by atoms with Crippen LogP contribution in [-0.4, -0.2) is 197 Å². The van der Waals surface area contributed by atoms with Crippen molar-refractivity contribution in [3.63, 3.8) is 0 Å². The molecule has 386 valence electrons. The van der Waals surface area contributed by atoms with E-state index in [9.17, 15) is 66.1 Å². The second-order valence-electron chi connectivity index (χ2n) is 22.8. The van der Waals surface area contributed by atoms with E-state index in [4.69, 9.17) is 28.4 Å². The highest BCUT2D eigenvalue weighted by atomic mass is 16.7. The van der Waals surface area contributed by atoms with Gasteiger partial charge in [-0.2, -0.15) is 0 Å². The summed E-state index contributed by atoms with van der Waals surface area (Å²) in [6.45, 7) is 14.6. The van der Waals surface area contributed by atoms with Crippen molar-refractivity contribution >= 4 is 5.78 Å². The molecule has 12 N–H and O–H groups in total. The number of rotatable bonds is 14. The van der Waals surface area contributed by atoms with E-state index >= 15 is 0 Å². The normalized spacial score (nSPS) is 49.9. The van der Waals surface area contributed by atoms with E-state index in [-0.39, 0.29) is 40.3 Å². The number of carbonyl (C=O) groups is 1. The lowest BCUT2D eigenvalue weighted by Gasteiger charge is -2.65. The number of fused-ring (bicyclic) bond motifs is 5. The van der Waals surface area contributed by atoms with Crippen LogP contribution in [0.1, 0.15) is 107 Å². The van der Waals surface area contributed by atoms with Gasteiger partial charge in [-0.3, -0.25) is 4.79 Å². The number of hydrogen-bond acceptors (Lipinski definition) is 19. The smallest absolute Gasteiger partial charge is 0.187 e. The molecule has 4 aliphatic carbocycles. The lowest BCUT2D eigenvalue weighted by atomic mass is 9.38. The van der Waals surface area contributed by atoms with E-state index in [0.717, 1.165) is 18.4 Å². The van der Waals surface area contributed by atoms with Gasteiger partial charge in [0, 0.05) is 17.3 Å². The van der Waals surface area contributed by atoms with Crippen molar-refractivity contribution < 1.29 is 94.5 Å². The fraction of sp³-hybridized carbons (Fsp3) is 0.938. The first-order chi connectivity index (χ1) is 31.2. The number of aliphatic hydroxyl groups excluding tert-OH is 12. The lowest BCUT2D eigenvalue weighted by molar-refractivity contribution is -0.347. The maximum absolute atomic E-state index is 15.0. The Labute approximate surface area is 393 Å². The predicted octanol–water partition coefficient (Wildman–Crippen LogP) is -0.848. The van der Waals surface area contributed by atoms with E-state index in [2.05, 4.69) is 47.6 Å². The molecule has 19 nitrogen and oxygen atoms in total. The largest absolute Gasteiger partial charge is 0.394 e. The van der Waals surface area contributed by atoms with E-state index < -0.39 is 141 Å². The summed E-state index contributed by atoms with van der Waals surface area (Å²) < 4.78 is 35.0. The van der Waals surface area contributed by atoms with Crippen LogP contribution in [0, 0.1) is 45.3 Å². The zero-order valence-electron chi connectivity index (χ0n) is 40.2. The summed E-state index contributed by atoms with van der Waals surface area (Å²) in [6, 6.07) is 0. The highest BCUT2D eigenvalue weighted by Crippen LogP contribution is 2.74. The molecule has 3 aliphatic heterocycles. The summed E-state index contributed by atoms with van der Waals surface area (Å²) in [4.78, 5) is 15.0. The van der Waals surface area contributed by atoms with Gasteiger partial charge in [-0.15, -0.1) is 0 Å². The first-order valence-corrected chi connectivity index (χ1v) is 24.4. The molecule has 7 aliphatic rings. The number of aliphatic hydroxyl groups is 12. The third kappa shape index (κ3) is 9.04. The van der Waals surface area contributed by atoms with Gasteiger partial charge in [0.1, 0.15) is 79.0 Å². The van der Waals surface area contributed by atoms with Crippen LogP contribution in [0.3, 0.4) is 0 Å². The van der Waals surface area contributed by atoms with Crippen molar-refractivity contribution in [3.05, 3.63) is 11.6 Å². The zero-order chi connectivity index (χ0) is 49.5. The van der Waals surface area contributed by atoms with Gasteiger partial charge in [0.05, 0.1) is 37.6 Å². The quantitative estimate of drug-likeness (QED) is 0.0944. The Hall–Kier alpha value is -1.31. The molecule has 0 aromatic heterocycles. The van der Waals surface area contributed by atoms with Crippen molar-refractivity contribution in [3.8, 4) is 0 Å². The molecule has 0 unspecified atom stereocenters. The molecule has 3 saturated heterocycles. The molecule has 0 aromatic rings. The maximum Gasteiger partial charge on any atom is 0.187 e. The number of allylic oxidation sites excluding steroid dienone is 1. The minimum atomic E-state index is -1.75. The van der Waals surface area contributed by atoms with Gasteiger partial charge in [-0.25, -0.2) is 0 Å². The third-order valence-electron chi connectivity index (χ3n) is 18.6. The molecule has 3 heterocycles. The molecule has 0 amide bonds. The van der Waals surface area contributed by atoms with E-state index in [1.54, 1.807) is 13.8 Å². The highest BCUT2D eigenvalue weighted by molar-refractivity contribution is 5.88. The highest BCUT2D eigenvalue weighted by Gasteiger charge is 2.70. The van der Waals surface area contributed by atoms with Crippen LogP contribution in [0.2, 0.25) is 0 Å². The minimum absolute atomic E-state index is 0.0279. The van der Waals surface area contributed by atoms with Crippen molar-refractivity contribution in [2.24, 2.45) is 45.3 Å². The van der Waals surface area contributed by atoms with Crippen LogP contribution in [0.15, 0.2) is 11.6 Å². The van der Waals surface area contributed by atoms with E-state index in [1.165, 1.54) is 0 Å². The monoisotopic (exact) mass is 961 g/mol. The lowest BCUT2D eigenvalue weighted by Crippen LogP contribution is -2.64. The first-order valence-electron chi connectivity index (χ1n) is 24.4. The molecule has 0 spiro atoms. The Kier molecular flexibility index (Phi) is 15.7. The van der Waals surface area contributed by atoms with E-state index in [1.807, 2.05) is 0 Å². The third-order valence-corrected chi connectivity index (χ3v) is 18.6. The van der Waals surface area contributed by atoms with Crippen molar-refractivity contribution in [2.45, 2.75) is 217 Å². The SMILES string of the molecule is C[C@H](CC[C@@H](O)C(C)(C)O[C@@H]1O[C@H](CO[C@@H]2O[C@H](CO)[C@@H](O)[C@H](O)[C@H]2O)[C@@H](O)[C@H](O)[C@H]1O)[C@H]1CC[C@@]2(C)[C@@H]3CC=C4[C@@H](CC[C@H](O[C@@H]5O[C@H](CO)[C@@H](O)[C@H](O)[C@H]5O)C4(C)C)[C@]3(C)C(=O)C[C@]12C. The molecule has 24 atom stereocenters. The zero-order valence-corrected chi connectivity index (χ0v) is 40.2. The van der Waals surface area contributed by atoms with Gasteiger partial charge in [-0.1, -0.05) is 53.2 Å². The van der Waals surface area contributed by atoms with Crippen molar-refractivity contribution in [1.82, 2.24) is 0 Å². The summed E-state index contributed by atoms with van der Waals surface area (Å²) in [6.07, 6.45) is -16.7. The fourth-order valence-corrected chi connectivity index (χ4v) is 13.8. The minimum Gasteiger partial charge on any atom is -0.394 e. The fourth-order valence-electron chi connectivity index (χ4n) is 13.8. The summed E-state index contributed by atoms with van der Waals surface area (Å²) in [5.74, 6) is 0.587. The molecule has 19 heteroatoms. The number of Topliss-reactive ketones (excluding diaryl/α,β-unsaturated/α-hetero) is 1. The van der Waals surface area contributed by atoms with Gasteiger partial charge in [-0.05, 0) is 93.3 Å². The van der Waals surface area contributed by atoms with Crippen LogP contribution in [0.4, 0.5) is 0 Å². The second-order valence-corrected chi connectivity index (χ2v) is 22.8. The number of hydrogen-bond donors (Lipinski definition) is 12. The van der Waals surface area contributed by atoms with Gasteiger partial charge in [0.25, 0.3) is 0 Å². The van der Waals surface area contributed by atoms with Crippen molar-refractivity contribution in [1.29, 1.82) is 0 Å². The Balaban J connectivity index is 0.980. The molecule has 3 saturated carbocycles. The van der Waals surface area contributed by atoms with Crippen LogP contribution in [-0.2, 0) is 33.2 Å². The molecular weight excluding hydrogens is 881 g/mol. The molecule has 7 rings (SSSR count). The van der Waals surface area contributed by atoms with E-state index in [0.29, 0.717) is 38.5 Å². The molecular formula is C48H80O19. The number of ether oxygens (including phenoxy) is 6. The van der Waals surface area contributed by atoms with Gasteiger partial charge in [0.2, 0.25) is 0 Å². The molecule has 0 radical (unpaired) electrons. The second kappa shape index (κ2) is 19.6. The Morgan fingerprint density at radius 1 is 0.701 bits per heavy atom. The Bertz CT molecular complexity index is 1760. The number of carbonyl (C=O) groups excluding carboxylic acids is 1. The van der Waals surface area contributed by atoms with Crippen LogP contribution >= 0.6 is 0 Å². The summed E-state index contributed by atoms with van der Waals surface area (Å²) in [7, 11) is 0. The predicted molar refractivity (Wildman–Crippen MR) is 234 cm³/mol. The van der Waals surface area contributed by atoms with Crippen molar-refractivity contribution in [2.75, 3.05) is 19.8 Å². The summed E-state index contributed by atoms with van der Waals surface area (Å²) >= 11 is 0. The number of ketones is 1. The molecule has 67 heavy (non-hydrogen) atoms. The average molecular weight is 961 g/mol. The molecule has 0 bridgehead atoms. The van der Waals surface area contributed by atoms with Crippen LogP contribution < -0.4 is 0 Å². The van der Waals surface area contributed by atoms with Crippen LogP contribution in [0.5, 0.6) is 0 Å². The maximum atomic E-state index is 15.0. The molecule has 0 aromatic carbocycles. The van der Waals surface area contributed by atoms with Gasteiger partial charge in [0.15, 0.2) is 18.9 Å². The Morgan fingerprint density at radius 3 is 1.84 bits per heavy atom. The summed E-state index contributed by atoms with van der Waals surface area (Å²) in [5.41, 5.74) is -1.86. The van der Waals surface area contributed by atoms with Crippen LogP contribution in [0.25, 0.3) is 0 Å². The first kappa shape index (κ1) is 53.5. The standard InChI is InChI=1S/C48H80O19/c1-21(9-13-29(51)45(4,5)67-43-40(61)37(58)34(55)27(65-43)20-62-41-38(59)35(56)32(53)25(18-49)63-41)22-15-16-46(6)28-12-10-23-24(48(28,8)30(52)17-47(22,46)7)11-14-31(44(23,2)3)66-42-39(60)36(57)33(54)26(19-50)64-42/h10,21-22,24-29,31-43,49-51,53-61H,9,11-20H2,1-8H3/t21-,22-,24-,25-,26-,27-,28+,29-,31+,32-,33-,34-,35+,36+,37+,38-,39-,40-,41-,42+,43+,46+,47-,48+/m1/s1. The topological polar surface area (TPSA) is 315 Å². The van der Waals surface area contributed by atoms with Gasteiger partial charge >= 0.3 is 0 Å². The molecule has 6 fully saturated rings. The van der Waals surface area contributed by atoms with Gasteiger partial charge < -0.3 is 89.7 Å². The Morgan fingerprint density at radius 2 is 1.24 bits per heavy atom. The summed E-state index contributed by atoms with van der Waals surface area (Å²) in [5, 5.41) is 125. The average Bonchev–Trinajstić information content (AvgIpc) is 3.55.